The highest BCUT2D eigenvalue weighted by molar-refractivity contribution is 7.13. The van der Waals surface area contributed by atoms with Gasteiger partial charge in [0.2, 0.25) is 0 Å². The first kappa shape index (κ1) is 16.1. The van der Waals surface area contributed by atoms with Gasteiger partial charge in [0, 0.05) is 16.9 Å². The van der Waals surface area contributed by atoms with Crippen LogP contribution in [0.4, 0.5) is 0 Å². The van der Waals surface area contributed by atoms with Crippen LogP contribution in [-0.2, 0) is 11.2 Å². The molecule has 0 atom stereocenters. The maximum absolute atomic E-state index is 11.6. The highest BCUT2D eigenvalue weighted by Crippen LogP contribution is 2.33. The second-order valence-corrected chi connectivity index (χ2v) is 6.26. The maximum Gasteiger partial charge on any atom is 0.129 e. The van der Waals surface area contributed by atoms with Crippen LogP contribution >= 0.6 is 11.3 Å². The summed E-state index contributed by atoms with van der Waals surface area (Å²) in [5.41, 5.74) is 3.23. The van der Waals surface area contributed by atoms with Gasteiger partial charge in [-0.15, -0.1) is 11.3 Å². The zero-order valence-corrected chi connectivity index (χ0v) is 14.0. The molecule has 0 aliphatic heterocycles. The Bertz CT molecular complexity index is 874. The van der Waals surface area contributed by atoms with Crippen LogP contribution < -0.4 is 4.74 Å². The largest absolute Gasteiger partial charge is 0.508 e. The van der Waals surface area contributed by atoms with Crippen LogP contribution in [0.2, 0.25) is 0 Å². The van der Waals surface area contributed by atoms with Gasteiger partial charge in [0.1, 0.15) is 17.4 Å². The minimum Gasteiger partial charge on any atom is -0.508 e. The SMILES string of the molecule is COc1ccc(-c2cccs2)cc1C(=C=O)Cc1ccc(O)cc1. The fraction of sp³-hybridized carbons (Fsp3) is 0.100. The summed E-state index contributed by atoms with van der Waals surface area (Å²) in [4.78, 5) is 12.7. The number of phenolic OH excluding ortho intramolecular Hbond substituents is 1. The third-order valence-corrected chi connectivity index (χ3v) is 4.69. The second-order valence-electron chi connectivity index (χ2n) is 5.32. The van der Waals surface area contributed by atoms with Crippen molar-refractivity contribution in [1.29, 1.82) is 0 Å². The van der Waals surface area contributed by atoms with Crippen molar-refractivity contribution in [3.8, 4) is 21.9 Å². The third-order valence-electron chi connectivity index (χ3n) is 3.77. The molecule has 0 spiro atoms. The van der Waals surface area contributed by atoms with Crippen molar-refractivity contribution in [2.24, 2.45) is 0 Å². The van der Waals surface area contributed by atoms with Crippen molar-refractivity contribution < 1.29 is 14.6 Å². The van der Waals surface area contributed by atoms with Gasteiger partial charge in [-0.05, 0) is 52.9 Å². The highest BCUT2D eigenvalue weighted by Gasteiger charge is 2.13. The first-order valence-corrected chi connectivity index (χ1v) is 8.33. The summed E-state index contributed by atoms with van der Waals surface area (Å²) in [6, 6.07) is 16.7. The molecule has 4 heteroatoms. The molecule has 1 heterocycles. The quantitative estimate of drug-likeness (QED) is 0.693. The van der Waals surface area contributed by atoms with Crippen LogP contribution in [0.3, 0.4) is 0 Å². The Hall–Kier alpha value is -2.81. The van der Waals surface area contributed by atoms with E-state index in [0.29, 0.717) is 17.7 Å². The first-order chi connectivity index (χ1) is 11.7. The lowest BCUT2D eigenvalue weighted by Gasteiger charge is -2.11. The maximum atomic E-state index is 11.6. The van der Waals surface area contributed by atoms with Crippen molar-refractivity contribution in [3.63, 3.8) is 0 Å². The average Bonchev–Trinajstić information content (AvgIpc) is 3.15. The molecule has 3 nitrogen and oxygen atoms in total. The molecule has 0 bridgehead atoms. The topological polar surface area (TPSA) is 46.5 Å². The normalized spacial score (nSPS) is 10.2. The zero-order chi connectivity index (χ0) is 16.9. The van der Waals surface area contributed by atoms with E-state index < -0.39 is 0 Å². The number of ether oxygens (including phenoxy) is 1. The summed E-state index contributed by atoms with van der Waals surface area (Å²) >= 11 is 1.65. The van der Waals surface area contributed by atoms with Gasteiger partial charge in [0.15, 0.2) is 0 Å². The summed E-state index contributed by atoms with van der Waals surface area (Å²) in [5, 5.41) is 11.4. The number of allylic oxidation sites excluding steroid dienone is 1. The van der Waals surface area contributed by atoms with Gasteiger partial charge in [-0.3, -0.25) is 0 Å². The van der Waals surface area contributed by atoms with E-state index in [1.54, 1.807) is 42.7 Å². The summed E-state index contributed by atoms with van der Waals surface area (Å²) in [6.07, 6.45) is 0.425. The Labute approximate surface area is 144 Å². The molecule has 1 aromatic heterocycles. The molecule has 2 aromatic carbocycles. The van der Waals surface area contributed by atoms with Gasteiger partial charge in [-0.25, -0.2) is 4.79 Å². The number of hydrogen-bond donors (Lipinski definition) is 1. The van der Waals surface area contributed by atoms with Crippen molar-refractivity contribution in [3.05, 3.63) is 71.1 Å². The number of benzene rings is 2. The molecule has 1 N–H and O–H groups in total. The van der Waals surface area contributed by atoms with E-state index in [0.717, 1.165) is 21.6 Å². The van der Waals surface area contributed by atoms with Gasteiger partial charge < -0.3 is 9.84 Å². The number of hydrogen-bond acceptors (Lipinski definition) is 4. The summed E-state index contributed by atoms with van der Waals surface area (Å²) < 4.78 is 5.42. The van der Waals surface area contributed by atoms with Gasteiger partial charge >= 0.3 is 0 Å². The van der Waals surface area contributed by atoms with Gasteiger partial charge in [-0.2, -0.15) is 0 Å². The number of rotatable bonds is 5. The molecule has 0 radical (unpaired) electrons. The Morgan fingerprint density at radius 2 is 1.96 bits per heavy atom. The monoisotopic (exact) mass is 336 g/mol. The lowest BCUT2D eigenvalue weighted by atomic mass is 9.96. The van der Waals surface area contributed by atoms with E-state index in [-0.39, 0.29) is 5.75 Å². The predicted octanol–water partition coefficient (Wildman–Crippen LogP) is 4.59. The van der Waals surface area contributed by atoms with E-state index >= 15 is 0 Å². The van der Waals surface area contributed by atoms with Crippen LogP contribution in [0.5, 0.6) is 11.5 Å². The van der Waals surface area contributed by atoms with Crippen LogP contribution in [-0.4, -0.2) is 18.2 Å². The highest BCUT2D eigenvalue weighted by atomic mass is 32.1. The van der Waals surface area contributed by atoms with Gasteiger partial charge in [0.25, 0.3) is 0 Å². The first-order valence-electron chi connectivity index (χ1n) is 7.45. The lowest BCUT2D eigenvalue weighted by Crippen LogP contribution is -1.96. The minimum atomic E-state index is 0.202. The number of carbonyl (C=O) groups excluding carboxylic acids is 1. The number of methoxy groups -OCH3 is 1. The van der Waals surface area contributed by atoms with E-state index in [1.807, 2.05) is 35.7 Å². The molecule has 3 aromatic rings. The van der Waals surface area contributed by atoms with E-state index in [2.05, 4.69) is 5.94 Å². The molecular formula is C20H16O3S. The molecule has 120 valence electrons. The number of phenols is 1. The van der Waals surface area contributed by atoms with E-state index in [4.69, 9.17) is 4.74 Å². The molecule has 0 saturated heterocycles. The average molecular weight is 336 g/mol. The zero-order valence-electron chi connectivity index (χ0n) is 13.2. The Morgan fingerprint density at radius 3 is 2.58 bits per heavy atom. The smallest absolute Gasteiger partial charge is 0.129 e. The summed E-state index contributed by atoms with van der Waals surface area (Å²) in [7, 11) is 1.59. The molecule has 0 aliphatic carbocycles. The van der Waals surface area contributed by atoms with Crippen LogP contribution in [0.15, 0.2) is 60.0 Å². The fourth-order valence-corrected chi connectivity index (χ4v) is 3.27. The predicted molar refractivity (Wildman–Crippen MR) is 97.2 cm³/mol. The second kappa shape index (κ2) is 7.18. The number of aromatic hydroxyl groups is 1. The number of thiophene rings is 1. The Kier molecular flexibility index (Phi) is 4.80. The van der Waals surface area contributed by atoms with Gasteiger partial charge in [-0.1, -0.05) is 18.2 Å². The Balaban J connectivity index is 1.99. The minimum absolute atomic E-state index is 0.202. The van der Waals surface area contributed by atoms with Crippen LogP contribution in [0.1, 0.15) is 11.1 Å². The molecular weight excluding hydrogens is 320 g/mol. The van der Waals surface area contributed by atoms with Crippen molar-refractivity contribution >= 4 is 22.9 Å². The van der Waals surface area contributed by atoms with Crippen LogP contribution in [0, 0.1) is 0 Å². The van der Waals surface area contributed by atoms with Gasteiger partial charge in [0.05, 0.1) is 12.7 Å². The summed E-state index contributed by atoms with van der Waals surface area (Å²) in [6.45, 7) is 0. The van der Waals surface area contributed by atoms with Crippen molar-refractivity contribution in [1.82, 2.24) is 0 Å². The van der Waals surface area contributed by atoms with E-state index in [1.165, 1.54) is 0 Å². The van der Waals surface area contributed by atoms with Crippen molar-refractivity contribution in [2.45, 2.75) is 6.42 Å². The molecule has 0 aliphatic rings. The molecule has 24 heavy (non-hydrogen) atoms. The standard InChI is InChI=1S/C20H16O3S/c1-23-19-9-6-15(20-3-2-10-24-20)12-18(19)16(13-21)11-14-4-7-17(22)8-5-14/h2-10,12,22H,11H2,1H3. The third kappa shape index (κ3) is 3.40. The van der Waals surface area contributed by atoms with Crippen LogP contribution in [0.25, 0.3) is 16.0 Å². The Morgan fingerprint density at radius 1 is 1.17 bits per heavy atom. The summed E-state index contributed by atoms with van der Waals surface area (Å²) in [5.74, 6) is 2.90. The molecule has 0 saturated carbocycles. The molecule has 0 amide bonds. The van der Waals surface area contributed by atoms with Crippen molar-refractivity contribution in [2.75, 3.05) is 7.11 Å². The molecule has 0 fully saturated rings. The van der Waals surface area contributed by atoms with E-state index in [9.17, 15) is 9.90 Å². The fourth-order valence-electron chi connectivity index (χ4n) is 2.54. The molecule has 0 unspecified atom stereocenters. The lowest BCUT2D eigenvalue weighted by molar-refractivity contribution is 0.413. The molecule has 3 rings (SSSR count).